The van der Waals surface area contributed by atoms with Crippen LogP contribution in [0.3, 0.4) is 0 Å². The van der Waals surface area contributed by atoms with Gasteiger partial charge in [-0.1, -0.05) is 6.42 Å². The average molecular weight is 250 g/mol. The van der Waals surface area contributed by atoms with E-state index in [1.54, 1.807) is 0 Å². The minimum Gasteiger partial charge on any atom is -0.508 e. The van der Waals surface area contributed by atoms with Gasteiger partial charge in [0.1, 0.15) is 11.5 Å². The van der Waals surface area contributed by atoms with Crippen LogP contribution in [0.15, 0.2) is 18.2 Å². The van der Waals surface area contributed by atoms with Crippen LogP contribution >= 0.6 is 0 Å². The number of rotatable bonds is 2. The Hall–Kier alpha value is -1.75. The summed E-state index contributed by atoms with van der Waals surface area (Å²) in [7, 11) is 0. The first-order valence-electron chi connectivity index (χ1n) is 6.20. The normalized spacial score (nSPS) is 20.1. The molecule has 2 rings (SSSR count). The topological polar surface area (TPSA) is 81.6 Å². The summed E-state index contributed by atoms with van der Waals surface area (Å²) in [5.74, 6) is -0.499. The maximum Gasteiger partial charge on any atom is 0.255 e. The van der Waals surface area contributed by atoms with E-state index < -0.39 is 0 Å². The maximum atomic E-state index is 12.0. The van der Waals surface area contributed by atoms with Gasteiger partial charge < -0.3 is 20.8 Å². The Morgan fingerprint density at radius 3 is 3.00 bits per heavy atom. The van der Waals surface area contributed by atoms with Crippen LogP contribution < -0.4 is 10.6 Å². The molecule has 1 aromatic rings. The number of benzene rings is 1. The minimum absolute atomic E-state index is 0.0306. The molecule has 0 radical (unpaired) electrons. The number of phenols is 2. The van der Waals surface area contributed by atoms with Crippen LogP contribution in [0.5, 0.6) is 11.5 Å². The fourth-order valence-corrected chi connectivity index (χ4v) is 2.11. The van der Waals surface area contributed by atoms with Gasteiger partial charge in [0.05, 0.1) is 5.56 Å². The third-order valence-corrected chi connectivity index (χ3v) is 3.11. The molecule has 1 aliphatic heterocycles. The number of hydrogen-bond acceptors (Lipinski definition) is 4. The molecule has 0 saturated carbocycles. The Morgan fingerprint density at radius 2 is 2.17 bits per heavy atom. The van der Waals surface area contributed by atoms with Gasteiger partial charge in [-0.2, -0.15) is 0 Å². The summed E-state index contributed by atoms with van der Waals surface area (Å²) < 4.78 is 0. The van der Waals surface area contributed by atoms with E-state index in [0.717, 1.165) is 32.4 Å². The van der Waals surface area contributed by atoms with Crippen molar-refractivity contribution in [3.63, 3.8) is 0 Å². The van der Waals surface area contributed by atoms with Crippen molar-refractivity contribution in [3.8, 4) is 11.5 Å². The van der Waals surface area contributed by atoms with Crippen LogP contribution in [0, 0.1) is 0 Å². The van der Waals surface area contributed by atoms with Gasteiger partial charge in [0.25, 0.3) is 5.91 Å². The molecular weight excluding hydrogens is 232 g/mol. The number of nitrogens with one attached hydrogen (secondary N) is 2. The van der Waals surface area contributed by atoms with Gasteiger partial charge in [-0.15, -0.1) is 0 Å². The molecule has 18 heavy (non-hydrogen) atoms. The molecule has 1 amide bonds. The summed E-state index contributed by atoms with van der Waals surface area (Å²) in [5, 5.41) is 25.1. The highest BCUT2D eigenvalue weighted by atomic mass is 16.3. The van der Waals surface area contributed by atoms with E-state index in [9.17, 15) is 15.0 Å². The summed E-state index contributed by atoms with van der Waals surface area (Å²) in [4.78, 5) is 12.0. The Morgan fingerprint density at radius 1 is 1.33 bits per heavy atom. The van der Waals surface area contributed by atoms with Crippen LogP contribution in [-0.2, 0) is 0 Å². The third-order valence-electron chi connectivity index (χ3n) is 3.11. The fraction of sp³-hybridized carbons (Fsp3) is 0.462. The SMILES string of the molecule is O=C(NC1CCCCNC1)c1cc(O)ccc1O. The second-order valence-electron chi connectivity index (χ2n) is 4.57. The predicted octanol–water partition coefficient (Wildman–Crippen LogP) is 0.970. The van der Waals surface area contributed by atoms with Gasteiger partial charge in [0, 0.05) is 12.6 Å². The standard InChI is InChI=1S/C13H18N2O3/c16-10-4-5-12(17)11(7-10)13(18)15-9-3-1-2-6-14-8-9/h4-5,7,9,14,16-17H,1-3,6,8H2,(H,15,18). The van der Waals surface area contributed by atoms with Gasteiger partial charge in [-0.3, -0.25) is 4.79 Å². The van der Waals surface area contributed by atoms with E-state index in [2.05, 4.69) is 10.6 Å². The van der Waals surface area contributed by atoms with Crippen molar-refractivity contribution in [1.82, 2.24) is 10.6 Å². The van der Waals surface area contributed by atoms with Gasteiger partial charge in [-0.25, -0.2) is 0 Å². The molecule has 98 valence electrons. The molecular formula is C13H18N2O3. The summed E-state index contributed by atoms with van der Waals surface area (Å²) in [5.41, 5.74) is 0.110. The number of amides is 1. The van der Waals surface area contributed by atoms with E-state index in [-0.39, 0.29) is 29.0 Å². The second kappa shape index (κ2) is 5.73. The van der Waals surface area contributed by atoms with Gasteiger partial charge in [0.2, 0.25) is 0 Å². The lowest BCUT2D eigenvalue weighted by atomic mass is 10.1. The molecule has 1 atom stereocenters. The Labute approximate surface area is 106 Å². The van der Waals surface area contributed by atoms with Crippen molar-refractivity contribution in [2.75, 3.05) is 13.1 Å². The van der Waals surface area contributed by atoms with Crippen molar-refractivity contribution in [3.05, 3.63) is 23.8 Å². The molecule has 1 heterocycles. The fourth-order valence-electron chi connectivity index (χ4n) is 2.11. The van der Waals surface area contributed by atoms with E-state index >= 15 is 0 Å². The predicted molar refractivity (Wildman–Crippen MR) is 67.7 cm³/mol. The molecule has 1 saturated heterocycles. The highest BCUT2D eigenvalue weighted by Gasteiger charge is 2.18. The van der Waals surface area contributed by atoms with Crippen molar-refractivity contribution in [2.45, 2.75) is 25.3 Å². The summed E-state index contributed by atoms with van der Waals surface area (Å²) in [6.45, 7) is 1.72. The molecule has 1 aromatic carbocycles. The lowest BCUT2D eigenvalue weighted by molar-refractivity contribution is 0.0932. The molecule has 5 nitrogen and oxygen atoms in total. The molecule has 0 aliphatic carbocycles. The number of phenolic OH excluding ortho intramolecular Hbond substituents is 2. The number of carbonyl (C=O) groups excluding carboxylic acids is 1. The summed E-state index contributed by atoms with van der Waals surface area (Å²) >= 11 is 0. The smallest absolute Gasteiger partial charge is 0.255 e. The van der Waals surface area contributed by atoms with E-state index in [1.165, 1.54) is 18.2 Å². The maximum absolute atomic E-state index is 12.0. The first kappa shape index (κ1) is 12.7. The minimum atomic E-state index is -0.350. The second-order valence-corrected chi connectivity index (χ2v) is 4.57. The lowest BCUT2D eigenvalue weighted by Gasteiger charge is -2.16. The van der Waals surface area contributed by atoms with Crippen LogP contribution in [0.25, 0.3) is 0 Å². The molecule has 1 fully saturated rings. The first-order chi connectivity index (χ1) is 8.66. The zero-order valence-corrected chi connectivity index (χ0v) is 10.1. The Kier molecular flexibility index (Phi) is 4.04. The number of carbonyl (C=O) groups is 1. The quantitative estimate of drug-likeness (QED) is 0.590. The van der Waals surface area contributed by atoms with Crippen LogP contribution in [0.2, 0.25) is 0 Å². The largest absolute Gasteiger partial charge is 0.508 e. The highest BCUT2D eigenvalue weighted by molar-refractivity contribution is 5.97. The molecule has 4 N–H and O–H groups in total. The monoisotopic (exact) mass is 250 g/mol. The molecule has 1 unspecified atom stereocenters. The molecule has 1 aliphatic rings. The summed E-state index contributed by atoms with van der Waals surface area (Å²) in [6, 6.07) is 4.01. The molecule has 0 spiro atoms. The van der Waals surface area contributed by atoms with Crippen LogP contribution in [-0.4, -0.2) is 35.3 Å². The number of hydrogen-bond donors (Lipinski definition) is 4. The highest BCUT2D eigenvalue weighted by Crippen LogP contribution is 2.22. The zero-order chi connectivity index (χ0) is 13.0. The van der Waals surface area contributed by atoms with Gasteiger partial charge in [0.15, 0.2) is 0 Å². The first-order valence-corrected chi connectivity index (χ1v) is 6.20. The van der Waals surface area contributed by atoms with Crippen LogP contribution in [0.1, 0.15) is 29.6 Å². The Balaban J connectivity index is 2.04. The lowest BCUT2D eigenvalue weighted by Crippen LogP contribution is -2.40. The molecule has 5 heteroatoms. The van der Waals surface area contributed by atoms with E-state index in [1.807, 2.05) is 0 Å². The van der Waals surface area contributed by atoms with Gasteiger partial charge >= 0.3 is 0 Å². The molecule has 0 aromatic heterocycles. The van der Waals surface area contributed by atoms with Gasteiger partial charge in [-0.05, 0) is 37.6 Å². The third kappa shape index (κ3) is 3.13. The number of aromatic hydroxyl groups is 2. The Bertz CT molecular complexity index is 426. The molecule has 0 bridgehead atoms. The zero-order valence-electron chi connectivity index (χ0n) is 10.1. The average Bonchev–Trinajstić information content (AvgIpc) is 2.61. The van der Waals surface area contributed by atoms with Crippen LogP contribution in [0.4, 0.5) is 0 Å². The van der Waals surface area contributed by atoms with Crippen molar-refractivity contribution >= 4 is 5.91 Å². The van der Waals surface area contributed by atoms with Crippen molar-refractivity contribution < 1.29 is 15.0 Å². The van der Waals surface area contributed by atoms with E-state index in [0.29, 0.717) is 0 Å². The van der Waals surface area contributed by atoms with Crippen molar-refractivity contribution in [1.29, 1.82) is 0 Å². The van der Waals surface area contributed by atoms with Crippen molar-refractivity contribution in [2.24, 2.45) is 0 Å². The van der Waals surface area contributed by atoms with E-state index in [4.69, 9.17) is 0 Å². The summed E-state index contributed by atoms with van der Waals surface area (Å²) in [6.07, 6.45) is 3.12.